The molecule has 2 N–H and O–H groups in total. The number of esters is 1. The van der Waals surface area contributed by atoms with Gasteiger partial charge in [-0.15, -0.1) is 0 Å². The van der Waals surface area contributed by atoms with E-state index >= 15 is 0 Å². The van der Waals surface area contributed by atoms with Crippen LogP contribution in [0.15, 0.2) is 24.3 Å². The molecule has 3 atom stereocenters. The van der Waals surface area contributed by atoms with Crippen LogP contribution in [-0.4, -0.2) is 48.5 Å². The number of carbonyl (C=O) groups is 2. The van der Waals surface area contributed by atoms with Gasteiger partial charge in [-0.1, -0.05) is 18.2 Å². The molecule has 0 bridgehead atoms. The number of hydrogen-bond acceptors (Lipinski definition) is 6. The molecule has 0 spiro atoms. The van der Waals surface area contributed by atoms with Gasteiger partial charge in [0.15, 0.2) is 0 Å². The van der Waals surface area contributed by atoms with E-state index in [-0.39, 0.29) is 6.42 Å². The van der Waals surface area contributed by atoms with E-state index in [1.54, 1.807) is 12.1 Å². The first-order chi connectivity index (χ1) is 10.0. The van der Waals surface area contributed by atoms with Crippen LogP contribution in [0, 0.1) is 0 Å². The van der Waals surface area contributed by atoms with Crippen molar-refractivity contribution in [3.8, 4) is 0 Å². The quantitative estimate of drug-likeness (QED) is 0.739. The number of rotatable bonds is 1. The molecule has 1 fully saturated rings. The Kier molecular flexibility index (Phi) is 3.02. The molecule has 1 saturated heterocycles. The summed E-state index contributed by atoms with van der Waals surface area (Å²) in [5.41, 5.74) is 0.0569. The molecular formula is C14H16N2O5. The van der Waals surface area contributed by atoms with E-state index in [4.69, 9.17) is 9.47 Å². The SMILES string of the molecule is COC(=O)[C@@H]1C[C@]2(O)c3ccccc3N[C@@H]2N1C(=O)OC. The smallest absolute Gasteiger partial charge is 0.412 e. The molecule has 2 aliphatic heterocycles. The number of methoxy groups -OCH3 is 2. The average Bonchev–Trinajstić information content (AvgIpc) is 2.95. The van der Waals surface area contributed by atoms with E-state index in [1.165, 1.54) is 19.1 Å². The molecule has 0 radical (unpaired) electrons. The summed E-state index contributed by atoms with van der Waals surface area (Å²) in [4.78, 5) is 25.1. The van der Waals surface area contributed by atoms with Gasteiger partial charge in [0.1, 0.15) is 17.8 Å². The second-order valence-corrected chi connectivity index (χ2v) is 5.14. The molecule has 1 amide bonds. The topological polar surface area (TPSA) is 88.1 Å². The summed E-state index contributed by atoms with van der Waals surface area (Å²) in [7, 11) is 2.48. The summed E-state index contributed by atoms with van der Waals surface area (Å²) in [5, 5.41) is 14.1. The van der Waals surface area contributed by atoms with E-state index in [2.05, 4.69) is 5.32 Å². The molecule has 2 heterocycles. The molecule has 3 rings (SSSR count). The van der Waals surface area contributed by atoms with Gasteiger partial charge in [-0.2, -0.15) is 0 Å². The highest BCUT2D eigenvalue weighted by atomic mass is 16.5. The second-order valence-electron chi connectivity index (χ2n) is 5.14. The molecule has 7 nitrogen and oxygen atoms in total. The number of para-hydroxylation sites is 1. The van der Waals surface area contributed by atoms with Crippen molar-refractivity contribution in [2.24, 2.45) is 0 Å². The van der Waals surface area contributed by atoms with Gasteiger partial charge in [0.2, 0.25) is 0 Å². The van der Waals surface area contributed by atoms with Crippen molar-refractivity contribution >= 4 is 17.7 Å². The number of likely N-dealkylation sites (tertiary alicyclic amines) is 1. The van der Waals surface area contributed by atoms with Crippen molar-refractivity contribution in [1.29, 1.82) is 0 Å². The summed E-state index contributed by atoms with van der Waals surface area (Å²) in [5.74, 6) is -0.581. The van der Waals surface area contributed by atoms with E-state index in [1.807, 2.05) is 12.1 Å². The van der Waals surface area contributed by atoms with Crippen molar-refractivity contribution in [2.75, 3.05) is 19.5 Å². The third kappa shape index (κ3) is 1.77. The lowest BCUT2D eigenvalue weighted by Crippen LogP contribution is -2.50. The third-order valence-corrected chi connectivity index (χ3v) is 4.12. The largest absolute Gasteiger partial charge is 0.467 e. The number of benzene rings is 1. The number of hydrogen-bond donors (Lipinski definition) is 2. The lowest BCUT2D eigenvalue weighted by atomic mass is 9.91. The Morgan fingerprint density at radius 1 is 1.33 bits per heavy atom. The zero-order valence-corrected chi connectivity index (χ0v) is 11.7. The minimum atomic E-state index is -1.34. The number of nitrogens with one attached hydrogen (secondary N) is 1. The number of anilines is 1. The fourth-order valence-electron chi connectivity index (χ4n) is 3.17. The van der Waals surface area contributed by atoms with Crippen LogP contribution in [0.25, 0.3) is 0 Å². The van der Waals surface area contributed by atoms with Crippen molar-refractivity contribution in [3.05, 3.63) is 29.8 Å². The van der Waals surface area contributed by atoms with Crippen LogP contribution >= 0.6 is 0 Å². The second kappa shape index (κ2) is 4.63. The van der Waals surface area contributed by atoms with Gasteiger partial charge in [-0.25, -0.2) is 9.59 Å². The Morgan fingerprint density at radius 2 is 2.05 bits per heavy atom. The lowest BCUT2D eigenvalue weighted by Gasteiger charge is -2.28. The molecule has 7 heteroatoms. The van der Waals surface area contributed by atoms with Crippen LogP contribution < -0.4 is 5.32 Å². The number of fused-ring (bicyclic) bond motifs is 3. The van der Waals surface area contributed by atoms with Gasteiger partial charge in [0.25, 0.3) is 0 Å². The summed E-state index contributed by atoms with van der Waals surface area (Å²) >= 11 is 0. The van der Waals surface area contributed by atoms with E-state index in [0.717, 1.165) is 5.69 Å². The summed E-state index contributed by atoms with van der Waals surface area (Å²) in [6.45, 7) is 0. The Hall–Kier alpha value is -2.28. The highest BCUT2D eigenvalue weighted by Crippen LogP contribution is 2.49. The maximum Gasteiger partial charge on any atom is 0.412 e. The summed E-state index contributed by atoms with van der Waals surface area (Å²) in [6.07, 6.45) is -1.39. The van der Waals surface area contributed by atoms with Gasteiger partial charge >= 0.3 is 12.1 Å². The summed E-state index contributed by atoms with van der Waals surface area (Å²) in [6, 6.07) is 6.33. The number of aliphatic hydroxyl groups is 1. The van der Waals surface area contributed by atoms with Crippen molar-refractivity contribution in [3.63, 3.8) is 0 Å². The number of nitrogens with zero attached hydrogens (tertiary/aromatic N) is 1. The van der Waals surface area contributed by atoms with Gasteiger partial charge in [0.05, 0.1) is 14.2 Å². The first-order valence-electron chi connectivity index (χ1n) is 6.55. The first kappa shape index (κ1) is 13.7. The molecule has 0 aromatic heterocycles. The maximum atomic E-state index is 12.0. The minimum Gasteiger partial charge on any atom is -0.467 e. The Labute approximate surface area is 121 Å². The predicted octanol–water partition coefficient (Wildman–Crippen LogP) is 0.639. The fourth-order valence-corrected chi connectivity index (χ4v) is 3.17. The number of carbonyl (C=O) groups excluding carboxylic acids is 2. The van der Waals surface area contributed by atoms with Crippen LogP contribution in [0.5, 0.6) is 0 Å². The van der Waals surface area contributed by atoms with Gasteiger partial charge < -0.3 is 19.9 Å². The molecule has 112 valence electrons. The molecule has 0 saturated carbocycles. The van der Waals surface area contributed by atoms with Crippen LogP contribution in [0.4, 0.5) is 10.5 Å². The number of ether oxygens (including phenoxy) is 2. The van der Waals surface area contributed by atoms with Crippen molar-refractivity contribution < 1.29 is 24.2 Å². The lowest BCUT2D eigenvalue weighted by molar-refractivity contribution is -0.145. The zero-order valence-electron chi connectivity index (χ0n) is 11.7. The average molecular weight is 292 g/mol. The van der Waals surface area contributed by atoms with E-state index in [9.17, 15) is 14.7 Å². The van der Waals surface area contributed by atoms with Crippen LogP contribution in [0.3, 0.4) is 0 Å². The molecular weight excluding hydrogens is 276 g/mol. The van der Waals surface area contributed by atoms with E-state index < -0.39 is 29.9 Å². The van der Waals surface area contributed by atoms with Gasteiger partial charge in [0, 0.05) is 17.7 Å². The fraction of sp³-hybridized carbons (Fsp3) is 0.429. The monoisotopic (exact) mass is 292 g/mol. The minimum absolute atomic E-state index is 0.0590. The normalized spacial score (nSPS) is 29.4. The predicted molar refractivity (Wildman–Crippen MR) is 72.4 cm³/mol. The Bertz CT molecular complexity index is 605. The maximum absolute atomic E-state index is 12.0. The Morgan fingerprint density at radius 3 is 2.71 bits per heavy atom. The standard InChI is InChI=1S/C14H16N2O5/c1-20-11(17)10-7-14(19)8-5-3-4-6-9(8)15-12(14)16(10)13(18)21-2/h3-6,10,12,15,19H,7H2,1-2H3/t10-,12+,14-/m0/s1. The molecule has 0 unspecified atom stereocenters. The Balaban J connectivity index is 2.05. The van der Waals surface area contributed by atoms with E-state index in [0.29, 0.717) is 5.56 Å². The summed E-state index contributed by atoms with van der Waals surface area (Å²) < 4.78 is 9.47. The van der Waals surface area contributed by atoms with Gasteiger partial charge in [-0.05, 0) is 6.07 Å². The zero-order chi connectivity index (χ0) is 15.2. The number of amides is 1. The van der Waals surface area contributed by atoms with Crippen LogP contribution in [0.1, 0.15) is 12.0 Å². The molecule has 0 aliphatic carbocycles. The molecule has 21 heavy (non-hydrogen) atoms. The molecule has 2 aliphatic rings. The van der Waals surface area contributed by atoms with Gasteiger partial charge in [-0.3, -0.25) is 4.90 Å². The highest BCUT2D eigenvalue weighted by Gasteiger charge is 2.61. The third-order valence-electron chi connectivity index (χ3n) is 4.12. The molecule has 1 aromatic rings. The molecule has 1 aromatic carbocycles. The first-order valence-corrected chi connectivity index (χ1v) is 6.55. The highest BCUT2D eigenvalue weighted by molar-refractivity contribution is 5.84. The van der Waals surface area contributed by atoms with Crippen molar-refractivity contribution in [1.82, 2.24) is 4.90 Å². The van der Waals surface area contributed by atoms with Crippen LogP contribution in [0.2, 0.25) is 0 Å². The van der Waals surface area contributed by atoms with Crippen LogP contribution in [-0.2, 0) is 19.9 Å². The van der Waals surface area contributed by atoms with Crippen molar-refractivity contribution in [2.45, 2.75) is 24.2 Å².